The molecule has 0 aromatic heterocycles. The largest absolute Gasteiger partial charge is 0.355 e. The molecule has 1 saturated carbocycles. The van der Waals surface area contributed by atoms with E-state index < -0.39 is 10.0 Å². The predicted molar refractivity (Wildman–Crippen MR) is 125 cm³/mol. The lowest BCUT2D eigenvalue weighted by Crippen LogP contribution is -2.43. The molecule has 1 heterocycles. The maximum absolute atomic E-state index is 12.6. The number of nitrogens with one attached hydrogen (secondary N) is 2. The second kappa shape index (κ2) is 10.2. The van der Waals surface area contributed by atoms with Gasteiger partial charge in [-0.2, -0.15) is 0 Å². The van der Waals surface area contributed by atoms with Crippen molar-refractivity contribution in [3.63, 3.8) is 0 Å². The predicted octanol–water partition coefficient (Wildman–Crippen LogP) is 2.90. The van der Waals surface area contributed by atoms with Crippen LogP contribution in [0.15, 0.2) is 28.1 Å². The van der Waals surface area contributed by atoms with Crippen molar-refractivity contribution in [1.29, 1.82) is 0 Å². The van der Waals surface area contributed by atoms with Gasteiger partial charge >= 0.3 is 0 Å². The molecule has 8 heteroatoms. The van der Waals surface area contributed by atoms with Gasteiger partial charge in [-0.1, -0.05) is 25.0 Å². The number of nitrogens with zero attached hydrogens (tertiary/aromatic N) is 2. The van der Waals surface area contributed by atoms with Crippen LogP contribution in [0.5, 0.6) is 0 Å². The number of benzene rings is 1. The summed E-state index contributed by atoms with van der Waals surface area (Å²) in [7, 11) is -1.70. The number of aryl methyl sites for hydroxylation is 2. The Hall–Kier alpha value is -0.870. The third kappa shape index (κ3) is 5.60. The lowest BCUT2D eigenvalue weighted by atomic mass is 9.82. The molecule has 1 aliphatic heterocycles. The molecule has 2 unspecified atom stereocenters. The highest BCUT2D eigenvalue weighted by molar-refractivity contribution is 14.0. The van der Waals surface area contributed by atoms with Crippen molar-refractivity contribution in [2.75, 3.05) is 33.2 Å². The monoisotopic (exact) mass is 520 g/mol. The minimum absolute atomic E-state index is 0. The molecule has 2 aliphatic rings. The first kappa shape index (κ1) is 23.4. The van der Waals surface area contributed by atoms with Gasteiger partial charge in [0.1, 0.15) is 0 Å². The van der Waals surface area contributed by atoms with Crippen LogP contribution in [0.2, 0.25) is 0 Å². The van der Waals surface area contributed by atoms with Crippen LogP contribution in [0.4, 0.5) is 0 Å². The second-order valence-electron chi connectivity index (χ2n) is 7.85. The zero-order valence-electron chi connectivity index (χ0n) is 17.1. The molecule has 28 heavy (non-hydrogen) atoms. The van der Waals surface area contributed by atoms with Crippen LogP contribution in [0.25, 0.3) is 0 Å². The van der Waals surface area contributed by atoms with E-state index in [1.54, 1.807) is 13.1 Å². The molecule has 2 N–H and O–H groups in total. The minimum Gasteiger partial charge on any atom is -0.355 e. The molecule has 1 aliphatic carbocycles. The summed E-state index contributed by atoms with van der Waals surface area (Å²) in [6, 6.07) is 5.49. The summed E-state index contributed by atoms with van der Waals surface area (Å²) < 4.78 is 27.8. The van der Waals surface area contributed by atoms with E-state index in [0.717, 1.165) is 42.0 Å². The van der Waals surface area contributed by atoms with Crippen LogP contribution in [-0.4, -0.2) is 52.5 Å². The van der Waals surface area contributed by atoms with E-state index >= 15 is 0 Å². The Labute approximate surface area is 186 Å². The van der Waals surface area contributed by atoms with Gasteiger partial charge in [-0.15, -0.1) is 24.0 Å². The van der Waals surface area contributed by atoms with Gasteiger partial charge in [0, 0.05) is 33.2 Å². The normalized spacial score (nSPS) is 22.5. The fourth-order valence-corrected chi connectivity index (χ4v) is 5.70. The molecule has 2 fully saturated rings. The fraction of sp³-hybridized carbons (Fsp3) is 0.650. The van der Waals surface area contributed by atoms with E-state index in [-0.39, 0.29) is 24.0 Å². The average molecular weight is 520 g/mol. The average Bonchev–Trinajstić information content (AvgIpc) is 3.07. The van der Waals surface area contributed by atoms with Crippen molar-refractivity contribution in [2.24, 2.45) is 16.8 Å². The number of fused-ring (bicyclic) bond motifs is 1. The third-order valence-corrected chi connectivity index (χ3v) is 7.42. The van der Waals surface area contributed by atoms with Crippen molar-refractivity contribution >= 4 is 40.0 Å². The lowest BCUT2D eigenvalue weighted by molar-refractivity contribution is 0.299. The van der Waals surface area contributed by atoms with Gasteiger partial charge < -0.3 is 10.2 Å². The number of aliphatic imine (C=N–C) groups is 1. The maximum atomic E-state index is 12.6. The third-order valence-electron chi connectivity index (χ3n) is 5.82. The summed E-state index contributed by atoms with van der Waals surface area (Å²) >= 11 is 0. The van der Waals surface area contributed by atoms with Crippen LogP contribution in [0.3, 0.4) is 0 Å². The number of hydrogen-bond acceptors (Lipinski definition) is 3. The van der Waals surface area contributed by atoms with Crippen LogP contribution in [0, 0.1) is 25.7 Å². The van der Waals surface area contributed by atoms with Crippen molar-refractivity contribution in [2.45, 2.75) is 44.4 Å². The molecule has 6 nitrogen and oxygen atoms in total. The van der Waals surface area contributed by atoms with Crippen molar-refractivity contribution < 1.29 is 8.42 Å². The first-order chi connectivity index (χ1) is 12.9. The standard InChI is InChI=1S/C20H32N4O2S.HI/c1-15-8-9-16(2)19(12-15)27(25,26)23-11-10-22-20(21-3)24-13-17-6-4-5-7-18(17)14-24;/h8-9,12,17-18,23H,4-7,10-11,13-14H2,1-3H3,(H,21,22);1H. The topological polar surface area (TPSA) is 73.8 Å². The molecule has 1 aromatic carbocycles. The molecule has 0 spiro atoms. The zero-order chi connectivity index (χ0) is 19.4. The Morgan fingerprint density at radius 3 is 2.39 bits per heavy atom. The van der Waals surface area contributed by atoms with Gasteiger partial charge in [0.2, 0.25) is 10.0 Å². The SMILES string of the molecule is CN=C(NCCNS(=O)(=O)c1cc(C)ccc1C)N1CC2CCCCC2C1.I. The van der Waals surface area contributed by atoms with Gasteiger partial charge in [0.25, 0.3) is 0 Å². The molecular formula is C20H33IN4O2S. The molecule has 2 atom stereocenters. The van der Waals surface area contributed by atoms with E-state index in [4.69, 9.17) is 0 Å². The minimum atomic E-state index is -3.50. The molecular weight excluding hydrogens is 487 g/mol. The summed E-state index contributed by atoms with van der Waals surface area (Å²) in [5.41, 5.74) is 1.70. The number of rotatable bonds is 5. The lowest BCUT2D eigenvalue weighted by Gasteiger charge is -2.22. The molecule has 0 amide bonds. The summed E-state index contributed by atoms with van der Waals surface area (Å²) in [6.45, 7) is 6.70. The van der Waals surface area contributed by atoms with Crippen LogP contribution in [-0.2, 0) is 10.0 Å². The molecule has 1 saturated heterocycles. The maximum Gasteiger partial charge on any atom is 0.240 e. The quantitative estimate of drug-likeness (QED) is 0.271. The summed E-state index contributed by atoms with van der Waals surface area (Å²) in [6.07, 6.45) is 5.35. The summed E-state index contributed by atoms with van der Waals surface area (Å²) in [5.74, 6) is 2.47. The van der Waals surface area contributed by atoms with Crippen LogP contribution in [0.1, 0.15) is 36.8 Å². The van der Waals surface area contributed by atoms with Gasteiger partial charge in [0.15, 0.2) is 5.96 Å². The molecule has 0 radical (unpaired) electrons. The van der Waals surface area contributed by atoms with Gasteiger partial charge in [0.05, 0.1) is 4.90 Å². The van der Waals surface area contributed by atoms with Gasteiger partial charge in [-0.05, 0) is 55.7 Å². The van der Waals surface area contributed by atoms with E-state index in [1.807, 2.05) is 26.0 Å². The van der Waals surface area contributed by atoms with Crippen molar-refractivity contribution in [3.05, 3.63) is 29.3 Å². The van der Waals surface area contributed by atoms with E-state index in [1.165, 1.54) is 25.7 Å². The Bertz CT molecular complexity index is 783. The number of sulfonamides is 1. The number of guanidine groups is 1. The number of halogens is 1. The van der Waals surface area contributed by atoms with Gasteiger partial charge in [-0.25, -0.2) is 13.1 Å². The zero-order valence-corrected chi connectivity index (χ0v) is 20.2. The number of likely N-dealkylation sites (tertiary alicyclic amines) is 1. The summed E-state index contributed by atoms with van der Waals surface area (Å²) in [4.78, 5) is 7.09. The molecule has 0 bridgehead atoms. The van der Waals surface area contributed by atoms with E-state index in [9.17, 15) is 8.42 Å². The van der Waals surface area contributed by atoms with Crippen LogP contribution < -0.4 is 10.0 Å². The molecule has 1 aromatic rings. The first-order valence-corrected chi connectivity index (χ1v) is 11.4. The summed E-state index contributed by atoms with van der Waals surface area (Å²) in [5, 5.41) is 3.32. The Kier molecular flexibility index (Phi) is 8.57. The van der Waals surface area contributed by atoms with E-state index in [2.05, 4.69) is 19.9 Å². The highest BCUT2D eigenvalue weighted by Crippen LogP contribution is 2.35. The van der Waals surface area contributed by atoms with Crippen molar-refractivity contribution in [3.8, 4) is 0 Å². The highest BCUT2D eigenvalue weighted by atomic mass is 127. The van der Waals surface area contributed by atoms with Crippen LogP contribution >= 0.6 is 24.0 Å². The molecule has 158 valence electrons. The number of hydrogen-bond donors (Lipinski definition) is 2. The molecule has 3 rings (SSSR count). The smallest absolute Gasteiger partial charge is 0.240 e. The van der Waals surface area contributed by atoms with Crippen molar-refractivity contribution in [1.82, 2.24) is 14.9 Å². The Balaban J connectivity index is 0.00000280. The van der Waals surface area contributed by atoms with Gasteiger partial charge in [-0.3, -0.25) is 4.99 Å². The fourth-order valence-electron chi connectivity index (χ4n) is 4.35. The second-order valence-corrected chi connectivity index (χ2v) is 9.59. The first-order valence-electron chi connectivity index (χ1n) is 9.93. The Morgan fingerprint density at radius 1 is 1.14 bits per heavy atom. The van der Waals surface area contributed by atoms with E-state index in [0.29, 0.717) is 18.0 Å². The Morgan fingerprint density at radius 2 is 1.79 bits per heavy atom. The highest BCUT2D eigenvalue weighted by Gasteiger charge is 2.35.